The van der Waals surface area contributed by atoms with E-state index in [2.05, 4.69) is 39.8 Å². The van der Waals surface area contributed by atoms with Crippen LogP contribution in [-0.2, 0) is 5.41 Å². The summed E-state index contributed by atoms with van der Waals surface area (Å²) in [6, 6.07) is 6.43. The van der Waals surface area contributed by atoms with E-state index < -0.39 is 0 Å². The SMILES string of the molecule is Cc1cc(C(C)(C)C)ccc1OC[C@H](C)N. The van der Waals surface area contributed by atoms with Crippen molar-refractivity contribution < 1.29 is 4.74 Å². The van der Waals surface area contributed by atoms with E-state index in [1.807, 2.05) is 13.0 Å². The Kier molecular flexibility index (Phi) is 3.98. The standard InChI is InChI=1S/C14H23NO/c1-10-8-12(14(3,4)5)6-7-13(10)16-9-11(2)15/h6-8,11H,9,15H2,1-5H3/t11-/m0/s1. The van der Waals surface area contributed by atoms with E-state index in [1.165, 1.54) is 11.1 Å². The normalized spacial score (nSPS) is 13.6. The Morgan fingerprint density at radius 1 is 1.31 bits per heavy atom. The van der Waals surface area contributed by atoms with Gasteiger partial charge in [0.25, 0.3) is 0 Å². The van der Waals surface area contributed by atoms with Gasteiger partial charge in [-0.3, -0.25) is 0 Å². The first-order valence-electron chi connectivity index (χ1n) is 5.80. The van der Waals surface area contributed by atoms with Gasteiger partial charge < -0.3 is 10.5 Å². The number of aryl methyl sites for hydroxylation is 1. The molecule has 1 rings (SSSR count). The molecule has 2 heteroatoms. The molecular formula is C14H23NO. The van der Waals surface area contributed by atoms with E-state index in [1.54, 1.807) is 0 Å². The van der Waals surface area contributed by atoms with E-state index in [0.29, 0.717) is 6.61 Å². The van der Waals surface area contributed by atoms with E-state index in [-0.39, 0.29) is 11.5 Å². The molecule has 0 amide bonds. The number of nitrogens with two attached hydrogens (primary N) is 1. The Morgan fingerprint density at radius 2 is 1.94 bits per heavy atom. The lowest BCUT2D eigenvalue weighted by molar-refractivity contribution is 0.294. The second-order valence-corrected chi connectivity index (χ2v) is 5.52. The van der Waals surface area contributed by atoms with Gasteiger partial charge in [-0.2, -0.15) is 0 Å². The third kappa shape index (κ3) is 3.53. The summed E-state index contributed by atoms with van der Waals surface area (Å²) >= 11 is 0. The molecular weight excluding hydrogens is 198 g/mol. The van der Waals surface area contributed by atoms with Gasteiger partial charge in [0.15, 0.2) is 0 Å². The average Bonchev–Trinajstić information content (AvgIpc) is 2.14. The molecule has 1 atom stereocenters. The summed E-state index contributed by atoms with van der Waals surface area (Å²) in [4.78, 5) is 0. The van der Waals surface area contributed by atoms with Crippen molar-refractivity contribution in [3.63, 3.8) is 0 Å². The van der Waals surface area contributed by atoms with Crippen LogP contribution in [0.4, 0.5) is 0 Å². The van der Waals surface area contributed by atoms with Gasteiger partial charge >= 0.3 is 0 Å². The molecule has 0 fully saturated rings. The van der Waals surface area contributed by atoms with Crippen molar-refractivity contribution >= 4 is 0 Å². The molecule has 0 aliphatic carbocycles. The monoisotopic (exact) mass is 221 g/mol. The fourth-order valence-electron chi connectivity index (χ4n) is 1.50. The maximum atomic E-state index is 5.66. The second kappa shape index (κ2) is 4.88. The van der Waals surface area contributed by atoms with Crippen LogP contribution in [0, 0.1) is 6.92 Å². The molecule has 1 aromatic carbocycles. The van der Waals surface area contributed by atoms with Crippen molar-refractivity contribution in [2.75, 3.05) is 6.61 Å². The van der Waals surface area contributed by atoms with Gasteiger partial charge in [-0.15, -0.1) is 0 Å². The van der Waals surface area contributed by atoms with Crippen LogP contribution in [0.15, 0.2) is 18.2 Å². The first-order chi connectivity index (χ1) is 7.30. The van der Waals surface area contributed by atoms with E-state index in [0.717, 1.165) is 5.75 Å². The molecule has 0 aromatic heterocycles. The van der Waals surface area contributed by atoms with Crippen LogP contribution in [-0.4, -0.2) is 12.6 Å². The number of ether oxygens (including phenoxy) is 1. The molecule has 0 saturated carbocycles. The minimum absolute atomic E-state index is 0.0710. The highest BCUT2D eigenvalue weighted by atomic mass is 16.5. The zero-order valence-electron chi connectivity index (χ0n) is 11.0. The fraction of sp³-hybridized carbons (Fsp3) is 0.571. The molecule has 0 heterocycles. The number of benzene rings is 1. The lowest BCUT2D eigenvalue weighted by Gasteiger charge is -2.21. The summed E-state index contributed by atoms with van der Waals surface area (Å²) in [6.07, 6.45) is 0. The van der Waals surface area contributed by atoms with E-state index in [4.69, 9.17) is 10.5 Å². The van der Waals surface area contributed by atoms with Crippen molar-refractivity contribution in [1.29, 1.82) is 0 Å². The van der Waals surface area contributed by atoms with E-state index in [9.17, 15) is 0 Å². The largest absolute Gasteiger partial charge is 0.492 e. The zero-order valence-corrected chi connectivity index (χ0v) is 11.0. The first kappa shape index (κ1) is 13.0. The lowest BCUT2D eigenvalue weighted by atomic mass is 9.86. The van der Waals surface area contributed by atoms with Gasteiger partial charge in [-0.05, 0) is 36.5 Å². The van der Waals surface area contributed by atoms with Crippen LogP contribution in [0.5, 0.6) is 5.75 Å². The van der Waals surface area contributed by atoms with Gasteiger partial charge in [0.05, 0.1) is 0 Å². The van der Waals surface area contributed by atoms with Crippen molar-refractivity contribution in [3.8, 4) is 5.75 Å². The molecule has 16 heavy (non-hydrogen) atoms. The third-order valence-corrected chi connectivity index (χ3v) is 2.54. The maximum Gasteiger partial charge on any atom is 0.122 e. The maximum absolute atomic E-state index is 5.66. The third-order valence-electron chi connectivity index (χ3n) is 2.54. The quantitative estimate of drug-likeness (QED) is 0.851. The van der Waals surface area contributed by atoms with Gasteiger partial charge in [0.2, 0.25) is 0 Å². The molecule has 0 bridgehead atoms. The molecule has 0 spiro atoms. The highest BCUT2D eigenvalue weighted by Crippen LogP contribution is 2.27. The van der Waals surface area contributed by atoms with Gasteiger partial charge in [0.1, 0.15) is 12.4 Å². The fourth-order valence-corrected chi connectivity index (χ4v) is 1.50. The molecule has 0 aliphatic heterocycles. The summed E-state index contributed by atoms with van der Waals surface area (Å²) < 4.78 is 5.64. The van der Waals surface area contributed by atoms with Crippen LogP contribution in [0.25, 0.3) is 0 Å². The Bertz CT molecular complexity index is 350. The zero-order chi connectivity index (χ0) is 12.3. The van der Waals surface area contributed by atoms with Crippen LogP contribution in [0.3, 0.4) is 0 Å². The molecule has 0 unspecified atom stereocenters. The number of hydrogen-bond donors (Lipinski definition) is 1. The predicted molar refractivity (Wildman–Crippen MR) is 69.0 cm³/mol. The Balaban J connectivity index is 2.84. The molecule has 2 nitrogen and oxygen atoms in total. The molecule has 0 aliphatic rings. The van der Waals surface area contributed by atoms with Crippen molar-refractivity contribution in [2.45, 2.75) is 46.1 Å². The summed E-state index contributed by atoms with van der Waals surface area (Å²) in [7, 11) is 0. The highest BCUT2D eigenvalue weighted by molar-refractivity contribution is 5.38. The number of rotatable bonds is 3. The van der Waals surface area contributed by atoms with Crippen LogP contribution in [0.1, 0.15) is 38.8 Å². The Labute approximate surface area is 98.8 Å². The summed E-state index contributed by atoms with van der Waals surface area (Å²) in [6.45, 7) is 11.2. The van der Waals surface area contributed by atoms with Crippen molar-refractivity contribution in [1.82, 2.24) is 0 Å². The Morgan fingerprint density at radius 3 is 2.38 bits per heavy atom. The van der Waals surface area contributed by atoms with Gasteiger partial charge in [-0.25, -0.2) is 0 Å². The minimum Gasteiger partial charge on any atom is -0.492 e. The molecule has 1 aromatic rings. The predicted octanol–water partition coefficient (Wildman–Crippen LogP) is 3.02. The van der Waals surface area contributed by atoms with Crippen LogP contribution < -0.4 is 10.5 Å². The smallest absolute Gasteiger partial charge is 0.122 e. The Hall–Kier alpha value is -1.02. The molecule has 2 N–H and O–H groups in total. The van der Waals surface area contributed by atoms with E-state index >= 15 is 0 Å². The topological polar surface area (TPSA) is 35.2 Å². The first-order valence-corrected chi connectivity index (χ1v) is 5.80. The van der Waals surface area contributed by atoms with Crippen LogP contribution >= 0.6 is 0 Å². The summed E-state index contributed by atoms with van der Waals surface area (Å²) in [5, 5.41) is 0. The lowest BCUT2D eigenvalue weighted by Crippen LogP contribution is -2.23. The van der Waals surface area contributed by atoms with Crippen molar-refractivity contribution in [3.05, 3.63) is 29.3 Å². The summed E-state index contributed by atoms with van der Waals surface area (Å²) in [5.74, 6) is 0.935. The minimum atomic E-state index is 0.0710. The summed E-state index contributed by atoms with van der Waals surface area (Å²) in [5.41, 5.74) is 8.36. The van der Waals surface area contributed by atoms with Gasteiger partial charge in [0, 0.05) is 6.04 Å². The number of hydrogen-bond acceptors (Lipinski definition) is 2. The second-order valence-electron chi connectivity index (χ2n) is 5.52. The molecule has 90 valence electrons. The van der Waals surface area contributed by atoms with Gasteiger partial charge in [-0.1, -0.05) is 32.9 Å². The van der Waals surface area contributed by atoms with Crippen LogP contribution in [0.2, 0.25) is 0 Å². The molecule has 0 saturated heterocycles. The van der Waals surface area contributed by atoms with Crippen molar-refractivity contribution in [2.24, 2.45) is 5.73 Å². The molecule has 0 radical (unpaired) electrons. The average molecular weight is 221 g/mol. The highest BCUT2D eigenvalue weighted by Gasteiger charge is 2.14.